The van der Waals surface area contributed by atoms with Crippen molar-refractivity contribution in [1.82, 2.24) is 9.91 Å². The molecule has 2 aliphatic carbocycles. The Morgan fingerprint density at radius 2 is 1.75 bits per heavy atom. The first-order chi connectivity index (χ1) is 25.1. The molecule has 0 spiro atoms. The van der Waals surface area contributed by atoms with E-state index in [2.05, 4.69) is 5.43 Å². The minimum atomic E-state index is -1.52. The fraction of sp³-hybridized carbons (Fsp3) is 0.250. The number of benzene rings is 3. The second-order valence-corrected chi connectivity index (χ2v) is 15.5. The highest BCUT2D eigenvalue weighted by Crippen LogP contribution is 2.63. The molecule has 4 aromatic rings. The van der Waals surface area contributed by atoms with Crippen molar-refractivity contribution in [2.45, 2.75) is 31.2 Å². The first-order valence-corrected chi connectivity index (χ1v) is 18.3. The molecular formula is C40H31ClFN3O6S. The number of allylic oxidation sites excluding steroid dienone is 3. The summed E-state index contributed by atoms with van der Waals surface area (Å²) < 4.78 is 20.0. The average molecular weight is 736 g/mol. The maximum Gasteiger partial charge on any atom is 0.260 e. The Bertz CT molecular complexity index is 2220. The van der Waals surface area contributed by atoms with Crippen LogP contribution in [0, 0.1) is 35.4 Å². The zero-order valence-electron chi connectivity index (χ0n) is 27.5. The highest BCUT2D eigenvalue weighted by molar-refractivity contribution is 7.09. The van der Waals surface area contributed by atoms with Gasteiger partial charge in [0.15, 0.2) is 0 Å². The molecule has 9 nitrogen and oxygen atoms in total. The van der Waals surface area contributed by atoms with E-state index in [1.807, 2.05) is 23.6 Å². The SMILES string of the molecule is O=C1[C@H]2[C@H](CC=C3[C@H](C4=COc5ccc(O)cc5C4)[C@]4(c5ccc(Cl)cc5)C(=O)N(Nc5ccc(F)cc5)C(=O)[C@@H]4C[C@H]32)C(=O)N1Cc1cccs1. The molecule has 52 heavy (non-hydrogen) atoms. The van der Waals surface area contributed by atoms with E-state index in [-0.39, 0.29) is 30.5 Å². The lowest BCUT2D eigenvalue weighted by Gasteiger charge is -2.51. The molecule has 2 N–H and O–H groups in total. The molecular weight excluding hydrogens is 705 g/mol. The van der Waals surface area contributed by atoms with Gasteiger partial charge in [0.25, 0.3) is 11.8 Å². The Balaban J connectivity index is 1.22. The third-order valence-electron chi connectivity index (χ3n) is 11.4. The van der Waals surface area contributed by atoms with Crippen LogP contribution in [0.15, 0.2) is 108 Å². The van der Waals surface area contributed by atoms with Crippen molar-refractivity contribution in [2.24, 2.45) is 29.6 Å². The fourth-order valence-electron chi connectivity index (χ4n) is 9.25. The summed E-state index contributed by atoms with van der Waals surface area (Å²) in [5.41, 5.74) is 4.53. The highest BCUT2D eigenvalue weighted by Gasteiger charge is 2.70. The summed E-state index contributed by atoms with van der Waals surface area (Å²) in [5.74, 6) is -5.00. The number of halogens is 2. The van der Waals surface area contributed by atoms with Crippen LogP contribution >= 0.6 is 22.9 Å². The number of nitrogens with one attached hydrogen (secondary N) is 1. The number of carbonyl (C=O) groups is 4. The number of carbonyl (C=O) groups excluding carboxylic acids is 4. The van der Waals surface area contributed by atoms with Crippen molar-refractivity contribution in [3.05, 3.63) is 135 Å². The number of amides is 4. The number of phenols is 1. The predicted octanol–water partition coefficient (Wildman–Crippen LogP) is 6.78. The molecule has 4 amide bonds. The van der Waals surface area contributed by atoms with E-state index in [0.29, 0.717) is 46.0 Å². The number of anilines is 1. The van der Waals surface area contributed by atoms with E-state index in [9.17, 15) is 23.9 Å². The van der Waals surface area contributed by atoms with Gasteiger partial charge in [0.1, 0.15) is 17.3 Å². The Morgan fingerprint density at radius 3 is 2.50 bits per heavy atom. The number of fused-ring (bicyclic) bond motifs is 5. The van der Waals surface area contributed by atoms with Gasteiger partial charge in [0.2, 0.25) is 11.8 Å². The molecule has 262 valence electrons. The lowest BCUT2D eigenvalue weighted by atomic mass is 9.48. The number of hydrogen-bond acceptors (Lipinski definition) is 8. The molecule has 0 radical (unpaired) electrons. The molecule has 5 aliphatic rings. The maximum absolute atomic E-state index is 15.3. The summed E-state index contributed by atoms with van der Waals surface area (Å²) in [4.78, 5) is 60.6. The van der Waals surface area contributed by atoms with Gasteiger partial charge in [-0.15, -0.1) is 11.3 Å². The van der Waals surface area contributed by atoms with Crippen molar-refractivity contribution >= 4 is 52.3 Å². The Morgan fingerprint density at radius 1 is 0.962 bits per heavy atom. The number of phenolic OH excluding ortho intramolecular Hbond substituents is 1. The van der Waals surface area contributed by atoms with E-state index in [0.717, 1.165) is 15.5 Å². The van der Waals surface area contributed by atoms with E-state index >= 15 is 4.79 Å². The summed E-state index contributed by atoms with van der Waals surface area (Å²) in [6, 6.07) is 20.9. The monoisotopic (exact) mass is 735 g/mol. The van der Waals surface area contributed by atoms with Gasteiger partial charge in [-0.3, -0.25) is 29.5 Å². The number of hydrogen-bond donors (Lipinski definition) is 2. The molecule has 3 aliphatic heterocycles. The van der Waals surface area contributed by atoms with Gasteiger partial charge < -0.3 is 9.84 Å². The fourth-order valence-corrected chi connectivity index (χ4v) is 10.1. The van der Waals surface area contributed by atoms with Crippen LogP contribution in [0.2, 0.25) is 5.02 Å². The van der Waals surface area contributed by atoms with E-state index in [1.54, 1.807) is 42.7 Å². The smallest absolute Gasteiger partial charge is 0.260 e. The van der Waals surface area contributed by atoms with Crippen molar-refractivity contribution in [3.8, 4) is 11.5 Å². The summed E-state index contributed by atoms with van der Waals surface area (Å²) in [6.45, 7) is 0.179. The van der Waals surface area contributed by atoms with Crippen LogP contribution in [-0.2, 0) is 37.6 Å². The molecule has 9 rings (SSSR count). The van der Waals surface area contributed by atoms with Crippen LogP contribution in [0.5, 0.6) is 11.5 Å². The van der Waals surface area contributed by atoms with Crippen molar-refractivity contribution < 1.29 is 33.4 Å². The Kier molecular flexibility index (Phi) is 7.64. The lowest BCUT2D eigenvalue weighted by molar-refractivity contribution is -0.141. The van der Waals surface area contributed by atoms with Gasteiger partial charge in [0, 0.05) is 27.8 Å². The highest BCUT2D eigenvalue weighted by atomic mass is 35.5. The maximum atomic E-state index is 15.3. The zero-order chi connectivity index (χ0) is 35.9. The number of nitrogens with zero attached hydrogens (tertiary/aromatic N) is 2. The van der Waals surface area contributed by atoms with Gasteiger partial charge in [0.05, 0.1) is 41.7 Å². The van der Waals surface area contributed by atoms with E-state index < -0.39 is 52.6 Å². The van der Waals surface area contributed by atoms with Crippen molar-refractivity contribution in [1.29, 1.82) is 0 Å². The molecule has 0 unspecified atom stereocenters. The molecule has 6 atom stereocenters. The normalized spacial score (nSPS) is 27.7. The predicted molar refractivity (Wildman–Crippen MR) is 190 cm³/mol. The third kappa shape index (κ3) is 4.86. The minimum Gasteiger partial charge on any atom is -0.508 e. The number of likely N-dealkylation sites (tertiary alicyclic amines) is 1. The second kappa shape index (κ2) is 12.2. The van der Waals surface area contributed by atoms with Crippen LogP contribution in [0.3, 0.4) is 0 Å². The molecule has 3 aromatic carbocycles. The number of hydrazine groups is 1. The van der Waals surface area contributed by atoms with Gasteiger partial charge in [-0.25, -0.2) is 4.39 Å². The molecule has 1 aromatic heterocycles. The van der Waals surface area contributed by atoms with Crippen LogP contribution in [0.25, 0.3) is 0 Å². The molecule has 0 bridgehead atoms. The summed E-state index contributed by atoms with van der Waals surface area (Å²) in [5, 5.41) is 13.8. The van der Waals surface area contributed by atoms with E-state index in [1.165, 1.54) is 46.6 Å². The van der Waals surface area contributed by atoms with Gasteiger partial charge in [-0.1, -0.05) is 41.4 Å². The molecule has 4 heterocycles. The molecule has 2 saturated heterocycles. The second-order valence-electron chi connectivity index (χ2n) is 14.0. The number of rotatable bonds is 6. The Labute approximate surface area is 306 Å². The number of aromatic hydroxyl groups is 1. The number of imide groups is 2. The van der Waals surface area contributed by atoms with Crippen molar-refractivity contribution in [3.63, 3.8) is 0 Å². The Hall–Kier alpha value is -5.26. The number of ether oxygens (including phenoxy) is 1. The van der Waals surface area contributed by atoms with Gasteiger partial charge in [-0.2, -0.15) is 5.01 Å². The lowest BCUT2D eigenvalue weighted by Crippen LogP contribution is -2.55. The van der Waals surface area contributed by atoms with Gasteiger partial charge >= 0.3 is 0 Å². The quantitative estimate of drug-likeness (QED) is 0.166. The summed E-state index contributed by atoms with van der Waals surface area (Å²) in [6.07, 6.45) is 4.34. The largest absolute Gasteiger partial charge is 0.508 e. The molecule has 1 saturated carbocycles. The summed E-state index contributed by atoms with van der Waals surface area (Å²) in [7, 11) is 0. The van der Waals surface area contributed by atoms with Crippen LogP contribution < -0.4 is 10.2 Å². The van der Waals surface area contributed by atoms with Crippen LogP contribution in [0.4, 0.5) is 10.1 Å². The molecule has 12 heteroatoms. The first-order valence-electron chi connectivity index (χ1n) is 17.1. The van der Waals surface area contributed by atoms with E-state index in [4.69, 9.17) is 16.3 Å². The number of thiophene rings is 1. The van der Waals surface area contributed by atoms with Gasteiger partial charge in [-0.05, 0) is 95.9 Å². The summed E-state index contributed by atoms with van der Waals surface area (Å²) >= 11 is 7.86. The molecule has 3 fully saturated rings. The topological polar surface area (TPSA) is 116 Å². The third-order valence-corrected chi connectivity index (χ3v) is 12.5. The van der Waals surface area contributed by atoms with Crippen molar-refractivity contribution in [2.75, 3.05) is 5.43 Å². The van der Waals surface area contributed by atoms with Crippen LogP contribution in [0.1, 0.15) is 28.8 Å². The minimum absolute atomic E-state index is 0.0535. The zero-order valence-corrected chi connectivity index (χ0v) is 29.1. The first kappa shape index (κ1) is 32.6. The standard InChI is InChI=1S/C40H31ClFN3O6S/c41-24-5-3-23(4-6-24)40-32(37(48)45(39(40)50)43-26-9-7-25(42)8-10-26)18-31-29(35(40)22-16-21-17-27(46)11-14-33(21)51-20-22)12-13-30-34(31)38(49)44(36(30)47)19-28-2-1-15-52-28/h1-12,14-15,17,20,30-32,34-35,43,46H,13,16,18-19H2/t30-,31+,32-,34-,35-,40+/m0/s1. The average Bonchev–Trinajstić information content (AvgIpc) is 3.81. The van der Waals surface area contributed by atoms with Crippen LogP contribution in [-0.4, -0.2) is 38.6 Å².